The molecule has 1 aromatic heterocycles. The molecule has 2 heterocycles. The molecule has 0 atom stereocenters. The Balaban J connectivity index is 1.98. The van der Waals surface area contributed by atoms with E-state index in [9.17, 15) is 13.2 Å². The highest BCUT2D eigenvalue weighted by Gasteiger charge is 2.28. The van der Waals surface area contributed by atoms with Crippen molar-refractivity contribution in [3.63, 3.8) is 0 Å². The molecular weight excluding hydrogens is 332 g/mol. The third kappa shape index (κ3) is 3.09. The van der Waals surface area contributed by atoms with Gasteiger partial charge < -0.3 is 0 Å². The summed E-state index contributed by atoms with van der Waals surface area (Å²) in [6, 6.07) is 5.05. The van der Waals surface area contributed by atoms with E-state index >= 15 is 0 Å². The van der Waals surface area contributed by atoms with Gasteiger partial charge in [-0.05, 0) is 43.4 Å². The van der Waals surface area contributed by atoms with Gasteiger partial charge in [0.05, 0.1) is 15.1 Å². The summed E-state index contributed by atoms with van der Waals surface area (Å²) < 4.78 is 29.6. The molecule has 126 valence electrons. The lowest BCUT2D eigenvalue weighted by molar-refractivity contribution is 0.288. The maximum absolute atomic E-state index is 12.8. The first-order valence-electron chi connectivity index (χ1n) is 8.07. The third-order valence-electron chi connectivity index (χ3n) is 4.47. The standard InChI is InChI=1S/C16H22N2O3S2/c1-3-8-18-14-5-4-13(11-15(14)22-16(18)19)23(20,21)17-9-6-12(2)7-10-17/h4-5,11-12H,3,6-10H2,1-2H3. The molecule has 3 rings (SSSR count). The number of thiazole rings is 1. The van der Waals surface area contributed by atoms with E-state index in [0.717, 1.165) is 40.8 Å². The van der Waals surface area contributed by atoms with Crippen LogP contribution in [-0.2, 0) is 16.6 Å². The SMILES string of the molecule is CCCn1c(=O)sc2cc(S(=O)(=O)N3CCC(C)CC3)ccc21. The zero-order chi connectivity index (χ0) is 16.6. The van der Waals surface area contributed by atoms with Crippen molar-refractivity contribution in [3.05, 3.63) is 27.9 Å². The predicted molar refractivity (Wildman–Crippen MR) is 93.5 cm³/mol. The normalized spacial score (nSPS) is 17.8. The molecule has 0 spiro atoms. The molecule has 1 aromatic carbocycles. The number of piperidine rings is 1. The van der Waals surface area contributed by atoms with Gasteiger partial charge in [0, 0.05) is 19.6 Å². The van der Waals surface area contributed by atoms with Gasteiger partial charge in [0.15, 0.2) is 0 Å². The van der Waals surface area contributed by atoms with Crippen LogP contribution in [0.5, 0.6) is 0 Å². The lowest BCUT2D eigenvalue weighted by atomic mass is 10.0. The summed E-state index contributed by atoms with van der Waals surface area (Å²) in [5.41, 5.74) is 0.827. The first-order valence-corrected chi connectivity index (χ1v) is 10.3. The second kappa shape index (κ2) is 6.37. The minimum atomic E-state index is -3.46. The summed E-state index contributed by atoms with van der Waals surface area (Å²) in [7, 11) is -3.46. The lowest BCUT2D eigenvalue weighted by Gasteiger charge is -2.29. The van der Waals surface area contributed by atoms with Gasteiger partial charge in [0.25, 0.3) is 0 Å². The number of nitrogens with zero attached hydrogens (tertiary/aromatic N) is 2. The summed E-state index contributed by atoms with van der Waals surface area (Å²) in [4.78, 5) is 12.3. The van der Waals surface area contributed by atoms with Gasteiger partial charge in [-0.15, -0.1) is 0 Å². The van der Waals surface area contributed by atoms with Crippen LogP contribution in [0.3, 0.4) is 0 Å². The number of aromatic nitrogens is 1. The van der Waals surface area contributed by atoms with Crippen LogP contribution in [-0.4, -0.2) is 30.4 Å². The second-order valence-electron chi connectivity index (χ2n) is 6.24. The molecule has 0 saturated carbocycles. The van der Waals surface area contributed by atoms with Gasteiger partial charge in [0.2, 0.25) is 10.0 Å². The van der Waals surface area contributed by atoms with E-state index in [2.05, 4.69) is 6.92 Å². The highest BCUT2D eigenvalue weighted by atomic mass is 32.2. The largest absolute Gasteiger partial charge is 0.308 e. The number of fused-ring (bicyclic) bond motifs is 1. The van der Waals surface area contributed by atoms with E-state index in [-0.39, 0.29) is 4.87 Å². The molecule has 2 aromatic rings. The highest BCUT2D eigenvalue weighted by molar-refractivity contribution is 7.89. The number of sulfonamides is 1. The van der Waals surface area contributed by atoms with E-state index in [1.807, 2.05) is 6.92 Å². The first kappa shape index (κ1) is 16.7. The minimum Gasteiger partial charge on any atom is -0.299 e. The van der Waals surface area contributed by atoms with Crippen LogP contribution in [0.15, 0.2) is 27.9 Å². The smallest absolute Gasteiger partial charge is 0.299 e. The minimum absolute atomic E-state index is 0.0248. The molecule has 0 amide bonds. The predicted octanol–water partition coefficient (Wildman–Crippen LogP) is 2.89. The average Bonchev–Trinajstić information content (AvgIpc) is 2.83. The second-order valence-corrected chi connectivity index (χ2v) is 9.17. The Kier molecular flexibility index (Phi) is 4.62. The molecule has 1 aliphatic rings. The molecule has 1 fully saturated rings. The maximum Gasteiger partial charge on any atom is 0.308 e. The zero-order valence-electron chi connectivity index (χ0n) is 13.5. The summed E-state index contributed by atoms with van der Waals surface area (Å²) in [6.45, 7) is 5.99. The highest BCUT2D eigenvalue weighted by Crippen LogP contribution is 2.27. The molecule has 0 bridgehead atoms. The molecule has 23 heavy (non-hydrogen) atoms. The molecule has 0 unspecified atom stereocenters. The zero-order valence-corrected chi connectivity index (χ0v) is 15.1. The van der Waals surface area contributed by atoms with Gasteiger partial charge in [-0.3, -0.25) is 9.36 Å². The Hall–Kier alpha value is -1.18. The van der Waals surface area contributed by atoms with Crippen LogP contribution in [0.4, 0.5) is 0 Å². The molecular formula is C16H22N2O3S2. The van der Waals surface area contributed by atoms with E-state index in [1.165, 1.54) is 0 Å². The van der Waals surface area contributed by atoms with Gasteiger partial charge in [-0.1, -0.05) is 25.2 Å². The molecule has 1 aliphatic heterocycles. The Bertz CT molecular complexity index is 859. The van der Waals surface area contributed by atoms with Crippen molar-refractivity contribution in [3.8, 4) is 0 Å². The number of hydrogen-bond donors (Lipinski definition) is 0. The summed E-state index contributed by atoms with van der Waals surface area (Å²) in [5, 5.41) is 0. The van der Waals surface area contributed by atoms with Gasteiger partial charge in [-0.2, -0.15) is 4.31 Å². The van der Waals surface area contributed by atoms with Crippen molar-refractivity contribution in [2.24, 2.45) is 5.92 Å². The quantitative estimate of drug-likeness (QED) is 0.848. The fourth-order valence-electron chi connectivity index (χ4n) is 3.02. The van der Waals surface area contributed by atoms with Gasteiger partial charge >= 0.3 is 4.87 Å². The summed E-state index contributed by atoms with van der Waals surface area (Å²) in [6.07, 6.45) is 2.68. The number of benzene rings is 1. The van der Waals surface area contributed by atoms with Crippen molar-refractivity contribution in [1.82, 2.24) is 8.87 Å². The van der Waals surface area contributed by atoms with E-state index in [4.69, 9.17) is 0 Å². The van der Waals surface area contributed by atoms with Gasteiger partial charge in [-0.25, -0.2) is 8.42 Å². The maximum atomic E-state index is 12.8. The fourth-order valence-corrected chi connectivity index (χ4v) is 5.54. The molecule has 5 nitrogen and oxygen atoms in total. The van der Waals surface area contributed by atoms with Crippen molar-refractivity contribution in [2.75, 3.05) is 13.1 Å². The average molecular weight is 354 g/mol. The van der Waals surface area contributed by atoms with Crippen molar-refractivity contribution in [2.45, 2.75) is 44.6 Å². The number of aryl methyl sites for hydroxylation is 1. The Morgan fingerprint density at radius 3 is 2.61 bits per heavy atom. The Morgan fingerprint density at radius 1 is 1.26 bits per heavy atom. The van der Waals surface area contributed by atoms with E-state index in [0.29, 0.717) is 30.4 Å². The van der Waals surface area contributed by atoms with E-state index in [1.54, 1.807) is 27.1 Å². The lowest BCUT2D eigenvalue weighted by Crippen LogP contribution is -2.37. The number of rotatable bonds is 4. The summed E-state index contributed by atoms with van der Waals surface area (Å²) in [5.74, 6) is 0.581. The molecule has 0 N–H and O–H groups in total. The molecule has 0 aliphatic carbocycles. The van der Waals surface area contributed by atoms with Crippen LogP contribution in [0, 0.1) is 5.92 Å². The summed E-state index contributed by atoms with van der Waals surface area (Å²) >= 11 is 1.12. The van der Waals surface area contributed by atoms with E-state index < -0.39 is 10.0 Å². The van der Waals surface area contributed by atoms with Gasteiger partial charge in [0.1, 0.15) is 0 Å². The van der Waals surface area contributed by atoms with Crippen LogP contribution in [0.25, 0.3) is 10.2 Å². The Morgan fingerprint density at radius 2 is 1.96 bits per heavy atom. The van der Waals surface area contributed by atoms with Crippen LogP contribution in [0.1, 0.15) is 33.1 Å². The van der Waals surface area contributed by atoms with Crippen LogP contribution >= 0.6 is 11.3 Å². The van der Waals surface area contributed by atoms with Crippen LogP contribution < -0.4 is 4.87 Å². The molecule has 0 radical (unpaired) electrons. The van der Waals surface area contributed by atoms with Crippen LogP contribution in [0.2, 0.25) is 0 Å². The fraction of sp³-hybridized carbons (Fsp3) is 0.562. The molecule has 7 heteroatoms. The van der Waals surface area contributed by atoms with Crippen molar-refractivity contribution in [1.29, 1.82) is 0 Å². The number of hydrogen-bond acceptors (Lipinski definition) is 4. The van der Waals surface area contributed by atoms with Crippen molar-refractivity contribution >= 4 is 31.6 Å². The first-order chi connectivity index (χ1) is 10.9. The topological polar surface area (TPSA) is 59.4 Å². The molecule has 1 saturated heterocycles. The van der Waals surface area contributed by atoms with Crippen molar-refractivity contribution < 1.29 is 8.42 Å². The Labute approximate surface area is 140 Å². The third-order valence-corrected chi connectivity index (χ3v) is 7.30. The monoisotopic (exact) mass is 354 g/mol.